The summed E-state index contributed by atoms with van der Waals surface area (Å²) in [5, 5.41) is 12.4. The van der Waals surface area contributed by atoms with Gasteiger partial charge in [0, 0.05) is 12.1 Å². The molecule has 28 heavy (non-hydrogen) atoms. The molecule has 1 aromatic heterocycles. The first-order valence-electron chi connectivity index (χ1n) is 9.54. The Balaban J connectivity index is 1.47. The fourth-order valence-electron chi connectivity index (χ4n) is 3.50. The van der Waals surface area contributed by atoms with Crippen LogP contribution in [0.2, 0.25) is 0 Å². The molecule has 0 aliphatic carbocycles. The second-order valence-electron chi connectivity index (χ2n) is 7.43. The number of hydrogen-bond acceptors (Lipinski definition) is 5. The van der Waals surface area contributed by atoms with E-state index >= 15 is 0 Å². The van der Waals surface area contributed by atoms with Crippen molar-refractivity contribution >= 4 is 32.6 Å². The molecule has 3 aromatic rings. The van der Waals surface area contributed by atoms with Gasteiger partial charge in [0.2, 0.25) is 0 Å². The van der Waals surface area contributed by atoms with Gasteiger partial charge < -0.3 is 0 Å². The monoisotopic (exact) mass is 390 g/mol. The number of likely N-dealkylation sites (tertiary alicyclic amines) is 1. The standard InChI is InChI=1S/C22H22N4OS/c1-15-7-9-26(10-8-15)14-17-5-6-19-20(12-17)28-22(24-19)25-21(27)18-4-2-3-16(11-18)13-23/h2-6,11-12,15H,7-10,14H2,1H3,(H,24,25,27). The fraction of sp³-hybridized carbons (Fsp3) is 0.318. The Morgan fingerprint density at radius 2 is 2.11 bits per heavy atom. The topological polar surface area (TPSA) is 69.0 Å². The van der Waals surface area contributed by atoms with Crippen LogP contribution in [0, 0.1) is 17.2 Å². The van der Waals surface area contributed by atoms with E-state index in [1.54, 1.807) is 24.3 Å². The molecule has 1 fully saturated rings. The fourth-order valence-corrected chi connectivity index (χ4v) is 4.42. The Bertz CT molecular complexity index is 1040. The van der Waals surface area contributed by atoms with Crippen molar-refractivity contribution in [2.45, 2.75) is 26.3 Å². The lowest BCUT2D eigenvalue weighted by atomic mass is 9.99. The summed E-state index contributed by atoms with van der Waals surface area (Å²) >= 11 is 1.48. The van der Waals surface area contributed by atoms with E-state index in [0.717, 1.165) is 35.8 Å². The van der Waals surface area contributed by atoms with E-state index in [0.29, 0.717) is 16.3 Å². The molecule has 1 N–H and O–H groups in total. The number of fused-ring (bicyclic) bond motifs is 1. The van der Waals surface area contributed by atoms with Crippen molar-refractivity contribution in [1.82, 2.24) is 9.88 Å². The largest absolute Gasteiger partial charge is 0.299 e. The maximum absolute atomic E-state index is 12.5. The lowest BCUT2D eigenvalue weighted by Gasteiger charge is -2.30. The summed E-state index contributed by atoms with van der Waals surface area (Å²) in [7, 11) is 0. The van der Waals surface area contributed by atoms with Crippen LogP contribution in [0.15, 0.2) is 42.5 Å². The smallest absolute Gasteiger partial charge is 0.257 e. The molecule has 1 saturated heterocycles. The van der Waals surface area contributed by atoms with Gasteiger partial charge in [0.15, 0.2) is 5.13 Å². The van der Waals surface area contributed by atoms with E-state index in [9.17, 15) is 4.79 Å². The van der Waals surface area contributed by atoms with E-state index in [-0.39, 0.29) is 5.91 Å². The predicted octanol–water partition coefficient (Wildman–Crippen LogP) is 4.65. The molecule has 5 nitrogen and oxygen atoms in total. The Morgan fingerprint density at radius 1 is 1.29 bits per heavy atom. The number of piperidine rings is 1. The maximum Gasteiger partial charge on any atom is 0.257 e. The number of aromatic nitrogens is 1. The first-order chi connectivity index (χ1) is 13.6. The van der Waals surface area contributed by atoms with Crippen LogP contribution < -0.4 is 5.32 Å². The van der Waals surface area contributed by atoms with Crippen molar-refractivity contribution in [3.05, 3.63) is 59.2 Å². The van der Waals surface area contributed by atoms with Crippen molar-refractivity contribution in [2.24, 2.45) is 5.92 Å². The third-order valence-corrected chi connectivity index (χ3v) is 6.14. The third kappa shape index (κ3) is 4.22. The minimum Gasteiger partial charge on any atom is -0.299 e. The first kappa shape index (κ1) is 18.6. The molecular formula is C22H22N4OS. The molecule has 4 rings (SSSR count). The summed E-state index contributed by atoms with van der Waals surface area (Å²) in [6, 6.07) is 15.1. The maximum atomic E-state index is 12.5. The minimum absolute atomic E-state index is 0.251. The van der Waals surface area contributed by atoms with E-state index in [4.69, 9.17) is 5.26 Å². The van der Waals surface area contributed by atoms with Crippen molar-refractivity contribution in [2.75, 3.05) is 18.4 Å². The number of amides is 1. The number of thiazole rings is 1. The molecule has 0 unspecified atom stereocenters. The van der Waals surface area contributed by atoms with Crippen molar-refractivity contribution in [3.8, 4) is 6.07 Å². The van der Waals surface area contributed by atoms with Gasteiger partial charge in [-0.25, -0.2) is 4.98 Å². The van der Waals surface area contributed by atoms with Crippen molar-refractivity contribution in [1.29, 1.82) is 5.26 Å². The second kappa shape index (κ2) is 8.09. The highest BCUT2D eigenvalue weighted by Gasteiger charge is 2.16. The van der Waals surface area contributed by atoms with Crippen LogP contribution in [0.25, 0.3) is 10.2 Å². The minimum atomic E-state index is -0.251. The lowest BCUT2D eigenvalue weighted by Crippen LogP contribution is -2.32. The van der Waals surface area contributed by atoms with Crippen LogP contribution in [0.3, 0.4) is 0 Å². The zero-order valence-electron chi connectivity index (χ0n) is 15.8. The molecule has 0 saturated carbocycles. The number of anilines is 1. The molecule has 2 aromatic carbocycles. The molecule has 1 aliphatic rings. The predicted molar refractivity (Wildman–Crippen MR) is 112 cm³/mol. The Kier molecular flexibility index (Phi) is 5.38. The van der Waals surface area contributed by atoms with Gasteiger partial charge in [-0.05, 0) is 67.7 Å². The van der Waals surface area contributed by atoms with Crippen LogP contribution in [-0.4, -0.2) is 28.9 Å². The molecule has 142 valence electrons. The van der Waals surface area contributed by atoms with Gasteiger partial charge in [-0.1, -0.05) is 30.4 Å². The van der Waals surface area contributed by atoms with E-state index in [1.165, 1.54) is 29.7 Å². The molecule has 1 amide bonds. The Hall–Kier alpha value is -2.75. The number of rotatable bonds is 4. The number of hydrogen-bond donors (Lipinski definition) is 1. The van der Waals surface area contributed by atoms with Crippen LogP contribution in [0.1, 0.15) is 41.3 Å². The zero-order chi connectivity index (χ0) is 19.5. The molecule has 0 atom stereocenters. The number of carbonyl (C=O) groups excluding carboxylic acids is 1. The molecule has 6 heteroatoms. The quantitative estimate of drug-likeness (QED) is 0.704. The SMILES string of the molecule is CC1CCN(Cc2ccc3nc(NC(=O)c4cccc(C#N)c4)sc3c2)CC1. The number of nitrogens with one attached hydrogen (secondary N) is 1. The highest BCUT2D eigenvalue weighted by molar-refractivity contribution is 7.22. The van der Waals surface area contributed by atoms with Crippen LogP contribution in [0.4, 0.5) is 5.13 Å². The molecule has 0 spiro atoms. The van der Waals surface area contributed by atoms with Crippen molar-refractivity contribution in [3.63, 3.8) is 0 Å². The summed E-state index contributed by atoms with van der Waals surface area (Å²) in [5.41, 5.74) is 3.10. The molecule has 0 bridgehead atoms. The van der Waals surface area contributed by atoms with Crippen LogP contribution >= 0.6 is 11.3 Å². The average molecular weight is 391 g/mol. The van der Waals surface area contributed by atoms with Gasteiger partial charge in [-0.3, -0.25) is 15.0 Å². The average Bonchev–Trinajstić information content (AvgIpc) is 3.11. The van der Waals surface area contributed by atoms with E-state index < -0.39 is 0 Å². The molecule has 2 heterocycles. The van der Waals surface area contributed by atoms with Crippen LogP contribution in [-0.2, 0) is 6.54 Å². The second-order valence-corrected chi connectivity index (χ2v) is 8.46. The van der Waals surface area contributed by atoms with Gasteiger partial charge in [-0.2, -0.15) is 5.26 Å². The number of carbonyl (C=O) groups is 1. The summed E-state index contributed by atoms with van der Waals surface area (Å²) in [4.78, 5) is 19.5. The lowest BCUT2D eigenvalue weighted by molar-refractivity contribution is 0.102. The van der Waals surface area contributed by atoms with Gasteiger partial charge in [0.05, 0.1) is 21.8 Å². The number of benzene rings is 2. The van der Waals surface area contributed by atoms with Gasteiger partial charge in [-0.15, -0.1) is 0 Å². The van der Waals surface area contributed by atoms with E-state index in [1.807, 2.05) is 6.07 Å². The summed E-state index contributed by atoms with van der Waals surface area (Å²) in [5.74, 6) is 0.582. The van der Waals surface area contributed by atoms with Gasteiger partial charge in [0.25, 0.3) is 5.91 Å². The Morgan fingerprint density at radius 3 is 2.89 bits per heavy atom. The summed E-state index contributed by atoms with van der Waals surface area (Å²) in [6.07, 6.45) is 2.54. The molecule has 1 aliphatic heterocycles. The summed E-state index contributed by atoms with van der Waals surface area (Å²) in [6.45, 7) is 5.60. The number of nitriles is 1. The normalized spacial score (nSPS) is 15.4. The number of nitrogens with zero attached hydrogens (tertiary/aromatic N) is 3. The highest BCUT2D eigenvalue weighted by atomic mass is 32.1. The Labute approximate surface area is 168 Å². The summed E-state index contributed by atoms with van der Waals surface area (Å²) < 4.78 is 1.07. The molecule has 0 radical (unpaired) electrons. The molecular weight excluding hydrogens is 368 g/mol. The van der Waals surface area contributed by atoms with Gasteiger partial charge >= 0.3 is 0 Å². The van der Waals surface area contributed by atoms with Gasteiger partial charge in [0.1, 0.15) is 0 Å². The van der Waals surface area contributed by atoms with Crippen molar-refractivity contribution < 1.29 is 4.79 Å². The third-order valence-electron chi connectivity index (χ3n) is 5.21. The zero-order valence-corrected chi connectivity index (χ0v) is 16.6. The highest BCUT2D eigenvalue weighted by Crippen LogP contribution is 2.28. The first-order valence-corrected chi connectivity index (χ1v) is 10.4. The van der Waals surface area contributed by atoms with Crippen LogP contribution in [0.5, 0.6) is 0 Å². The van der Waals surface area contributed by atoms with E-state index in [2.05, 4.69) is 40.3 Å².